The van der Waals surface area contributed by atoms with Crippen molar-refractivity contribution in [2.45, 2.75) is 64.0 Å². The zero-order valence-electron chi connectivity index (χ0n) is 17.4. The standard InChI is InChI=1S/C25H28N2O3/c1-16(26-17-9-5-3-2-4-6-10-17)25(30)27-18-13-14-21-22(15-18)24(29)20-12-8-7-11-19(20)23(21)28/h7-8,11-17,26H,2-6,9-10H2,1H3,(H,27,30)/p+1/t16-/m0/s1. The van der Waals surface area contributed by atoms with Crippen LogP contribution in [0.5, 0.6) is 0 Å². The summed E-state index contributed by atoms with van der Waals surface area (Å²) in [6.07, 6.45) is 8.69. The van der Waals surface area contributed by atoms with Gasteiger partial charge in [-0.3, -0.25) is 14.4 Å². The Morgan fingerprint density at radius 1 is 0.867 bits per heavy atom. The Morgan fingerprint density at radius 2 is 1.43 bits per heavy atom. The van der Waals surface area contributed by atoms with E-state index in [0.29, 0.717) is 34.0 Å². The Bertz CT molecular complexity index is 974. The van der Waals surface area contributed by atoms with Gasteiger partial charge in [0.15, 0.2) is 17.6 Å². The second-order valence-electron chi connectivity index (χ2n) is 8.54. The van der Waals surface area contributed by atoms with Gasteiger partial charge in [-0.05, 0) is 50.8 Å². The number of nitrogens with one attached hydrogen (secondary N) is 1. The summed E-state index contributed by atoms with van der Waals surface area (Å²) in [5.41, 5.74) is 2.16. The van der Waals surface area contributed by atoms with E-state index in [1.165, 1.54) is 32.1 Å². The van der Waals surface area contributed by atoms with Crippen LogP contribution >= 0.6 is 0 Å². The fourth-order valence-electron chi connectivity index (χ4n) is 4.61. The van der Waals surface area contributed by atoms with Crippen LogP contribution in [-0.4, -0.2) is 29.6 Å². The van der Waals surface area contributed by atoms with Crippen LogP contribution in [0.3, 0.4) is 0 Å². The van der Waals surface area contributed by atoms with Crippen molar-refractivity contribution in [1.82, 2.24) is 0 Å². The monoisotopic (exact) mass is 405 g/mol. The first-order valence-electron chi connectivity index (χ1n) is 11.0. The summed E-state index contributed by atoms with van der Waals surface area (Å²) in [7, 11) is 0. The van der Waals surface area contributed by atoms with Gasteiger partial charge in [-0.15, -0.1) is 0 Å². The zero-order valence-corrected chi connectivity index (χ0v) is 17.4. The van der Waals surface area contributed by atoms with Crippen LogP contribution in [-0.2, 0) is 4.79 Å². The second kappa shape index (κ2) is 8.92. The van der Waals surface area contributed by atoms with Gasteiger partial charge in [0, 0.05) is 27.9 Å². The van der Waals surface area contributed by atoms with E-state index in [1.54, 1.807) is 42.5 Å². The Morgan fingerprint density at radius 3 is 2.10 bits per heavy atom. The van der Waals surface area contributed by atoms with Gasteiger partial charge in [0.05, 0.1) is 6.04 Å². The zero-order chi connectivity index (χ0) is 21.1. The van der Waals surface area contributed by atoms with E-state index in [0.717, 1.165) is 12.8 Å². The highest BCUT2D eigenvalue weighted by atomic mass is 16.2. The van der Waals surface area contributed by atoms with Crippen LogP contribution in [0, 0.1) is 0 Å². The highest BCUT2D eigenvalue weighted by molar-refractivity contribution is 6.28. The predicted octanol–water partition coefficient (Wildman–Crippen LogP) is 3.47. The number of amides is 1. The van der Waals surface area contributed by atoms with Crippen molar-refractivity contribution in [2.75, 3.05) is 5.32 Å². The lowest BCUT2D eigenvalue weighted by Crippen LogP contribution is -2.96. The lowest BCUT2D eigenvalue weighted by molar-refractivity contribution is -0.707. The third kappa shape index (κ3) is 4.21. The van der Waals surface area contributed by atoms with E-state index in [-0.39, 0.29) is 23.5 Å². The lowest BCUT2D eigenvalue weighted by Gasteiger charge is -2.22. The first-order chi connectivity index (χ1) is 14.5. The van der Waals surface area contributed by atoms with E-state index in [2.05, 4.69) is 10.6 Å². The molecule has 4 rings (SSSR count). The maximum absolute atomic E-state index is 12.9. The summed E-state index contributed by atoms with van der Waals surface area (Å²) in [6, 6.07) is 12.1. The second-order valence-corrected chi connectivity index (χ2v) is 8.54. The molecule has 0 spiro atoms. The third-order valence-electron chi connectivity index (χ3n) is 6.32. The van der Waals surface area contributed by atoms with Crippen LogP contribution < -0.4 is 10.6 Å². The smallest absolute Gasteiger partial charge is 0.282 e. The Balaban J connectivity index is 1.46. The third-order valence-corrected chi connectivity index (χ3v) is 6.32. The van der Waals surface area contributed by atoms with Gasteiger partial charge in [0.2, 0.25) is 0 Å². The SMILES string of the molecule is C[C@H]([NH2+]C1CCCCCCC1)C(=O)Nc1ccc2c(c1)C(=O)c1ccccc1C2=O. The molecule has 1 saturated carbocycles. The van der Waals surface area contributed by atoms with Gasteiger partial charge in [-0.2, -0.15) is 0 Å². The minimum Gasteiger partial charge on any atom is -0.334 e. The molecule has 1 atom stereocenters. The fraction of sp³-hybridized carbons (Fsp3) is 0.400. The molecule has 0 aliphatic heterocycles. The van der Waals surface area contributed by atoms with Crippen LogP contribution in [0.4, 0.5) is 5.69 Å². The topological polar surface area (TPSA) is 79.8 Å². The lowest BCUT2D eigenvalue weighted by atomic mass is 9.84. The number of anilines is 1. The molecular formula is C25H29N2O3+. The van der Waals surface area contributed by atoms with Crippen molar-refractivity contribution in [2.24, 2.45) is 0 Å². The van der Waals surface area contributed by atoms with E-state index in [4.69, 9.17) is 0 Å². The summed E-state index contributed by atoms with van der Waals surface area (Å²) < 4.78 is 0. The molecule has 156 valence electrons. The van der Waals surface area contributed by atoms with E-state index in [9.17, 15) is 14.4 Å². The minimum absolute atomic E-state index is 0.0769. The van der Waals surface area contributed by atoms with Crippen molar-refractivity contribution in [3.05, 3.63) is 64.7 Å². The Labute approximate surface area is 177 Å². The molecule has 0 heterocycles. The molecule has 1 fully saturated rings. The van der Waals surface area contributed by atoms with Gasteiger partial charge in [0.1, 0.15) is 0 Å². The molecule has 2 aliphatic rings. The van der Waals surface area contributed by atoms with E-state index >= 15 is 0 Å². The van der Waals surface area contributed by atoms with Crippen molar-refractivity contribution in [3.63, 3.8) is 0 Å². The van der Waals surface area contributed by atoms with E-state index in [1.807, 2.05) is 6.92 Å². The van der Waals surface area contributed by atoms with Gasteiger partial charge < -0.3 is 10.6 Å². The fourth-order valence-corrected chi connectivity index (χ4v) is 4.61. The molecule has 2 aliphatic carbocycles. The Kier molecular flexibility index (Phi) is 6.09. The molecule has 2 aromatic rings. The molecule has 2 aromatic carbocycles. The molecule has 5 heteroatoms. The molecule has 0 aromatic heterocycles. The van der Waals surface area contributed by atoms with Crippen molar-refractivity contribution >= 4 is 23.2 Å². The number of rotatable bonds is 4. The number of hydrogen-bond acceptors (Lipinski definition) is 3. The number of carbonyl (C=O) groups is 3. The number of benzene rings is 2. The van der Waals surface area contributed by atoms with Crippen LogP contribution in [0.2, 0.25) is 0 Å². The van der Waals surface area contributed by atoms with Crippen LogP contribution in [0.15, 0.2) is 42.5 Å². The number of hydrogen-bond donors (Lipinski definition) is 2. The molecule has 0 saturated heterocycles. The van der Waals surface area contributed by atoms with Crippen LogP contribution in [0.1, 0.15) is 83.7 Å². The van der Waals surface area contributed by atoms with Crippen molar-refractivity contribution < 1.29 is 19.7 Å². The molecule has 1 amide bonds. The number of nitrogens with two attached hydrogens (primary N) is 1. The van der Waals surface area contributed by atoms with Gasteiger partial charge in [-0.25, -0.2) is 0 Å². The minimum atomic E-state index is -0.205. The van der Waals surface area contributed by atoms with Gasteiger partial charge in [0.25, 0.3) is 5.91 Å². The quantitative estimate of drug-likeness (QED) is 0.698. The molecule has 5 nitrogen and oxygen atoms in total. The molecule has 0 bridgehead atoms. The maximum Gasteiger partial charge on any atom is 0.282 e. The average Bonchev–Trinajstić information content (AvgIpc) is 2.73. The summed E-state index contributed by atoms with van der Waals surface area (Å²) in [6.45, 7) is 1.93. The first-order valence-corrected chi connectivity index (χ1v) is 11.0. The number of ketones is 2. The Hall–Kier alpha value is -2.79. The highest BCUT2D eigenvalue weighted by Gasteiger charge is 2.30. The largest absolute Gasteiger partial charge is 0.334 e. The van der Waals surface area contributed by atoms with Crippen molar-refractivity contribution in [3.8, 4) is 0 Å². The van der Waals surface area contributed by atoms with Crippen LogP contribution in [0.25, 0.3) is 0 Å². The average molecular weight is 406 g/mol. The van der Waals surface area contributed by atoms with E-state index < -0.39 is 0 Å². The molecule has 30 heavy (non-hydrogen) atoms. The molecule has 0 radical (unpaired) electrons. The number of fused-ring (bicyclic) bond motifs is 2. The van der Waals surface area contributed by atoms with Gasteiger partial charge >= 0.3 is 0 Å². The molecule has 0 unspecified atom stereocenters. The normalized spacial score (nSPS) is 18.0. The van der Waals surface area contributed by atoms with Crippen molar-refractivity contribution in [1.29, 1.82) is 0 Å². The summed E-state index contributed by atoms with van der Waals surface area (Å²) in [5, 5.41) is 5.12. The van der Waals surface area contributed by atoms with Gasteiger partial charge in [-0.1, -0.05) is 43.5 Å². The summed E-state index contributed by atoms with van der Waals surface area (Å²) in [4.78, 5) is 38.4. The number of quaternary nitrogens is 1. The number of carbonyl (C=O) groups excluding carboxylic acids is 3. The summed E-state index contributed by atoms with van der Waals surface area (Å²) >= 11 is 0. The highest BCUT2D eigenvalue weighted by Crippen LogP contribution is 2.29. The molecule has 3 N–H and O–H groups in total. The first kappa shape index (κ1) is 20.5. The summed E-state index contributed by atoms with van der Waals surface area (Å²) in [5.74, 6) is -0.401. The molecular weight excluding hydrogens is 376 g/mol. The maximum atomic E-state index is 12.9. The predicted molar refractivity (Wildman–Crippen MR) is 116 cm³/mol.